The maximum atomic E-state index is 12.2. The van der Waals surface area contributed by atoms with Crippen molar-refractivity contribution in [3.8, 4) is 0 Å². The van der Waals surface area contributed by atoms with E-state index in [0.717, 1.165) is 22.3 Å². The van der Waals surface area contributed by atoms with E-state index in [9.17, 15) is 9.59 Å². The molecule has 1 fully saturated rings. The highest BCUT2D eigenvalue weighted by Crippen LogP contribution is 2.24. The standard InChI is InChI=1S/C16H18BrN5O2/c1-3-12-13(8-21(2)20-12)18-16(24)19-14-9-22(15(14)23)11-6-4-10(17)5-7-11/h4-8,14H,3,9H2,1-2H3,(H2,18,19,24). The van der Waals surface area contributed by atoms with Gasteiger partial charge in [0.15, 0.2) is 0 Å². The summed E-state index contributed by atoms with van der Waals surface area (Å²) in [5, 5.41) is 9.72. The number of rotatable bonds is 4. The van der Waals surface area contributed by atoms with Gasteiger partial charge in [-0.1, -0.05) is 22.9 Å². The molecule has 3 rings (SSSR count). The number of amides is 3. The van der Waals surface area contributed by atoms with Crippen LogP contribution in [0.1, 0.15) is 12.6 Å². The van der Waals surface area contributed by atoms with Crippen LogP contribution in [0.3, 0.4) is 0 Å². The Morgan fingerprint density at radius 3 is 2.71 bits per heavy atom. The summed E-state index contributed by atoms with van der Waals surface area (Å²) in [7, 11) is 1.80. The van der Waals surface area contributed by atoms with Gasteiger partial charge < -0.3 is 15.5 Å². The number of urea groups is 1. The highest BCUT2D eigenvalue weighted by Gasteiger charge is 2.38. The van der Waals surface area contributed by atoms with E-state index in [1.165, 1.54) is 0 Å². The zero-order valence-corrected chi connectivity index (χ0v) is 15.0. The summed E-state index contributed by atoms with van der Waals surface area (Å²) < 4.78 is 2.61. The molecule has 1 aliphatic rings. The Bertz CT molecular complexity index is 771. The average Bonchev–Trinajstić information content (AvgIpc) is 2.91. The first-order valence-corrected chi connectivity index (χ1v) is 8.44. The third kappa shape index (κ3) is 3.28. The van der Waals surface area contributed by atoms with Crippen LogP contribution in [0.25, 0.3) is 0 Å². The lowest BCUT2D eigenvalue weighted by molar-refractivity contribution is -0.124. The van der Waals surface area contributed by atoms with Crippen LogP contribution in [0.5, 0.6) is 0 Å². The number of nitrogens with one attached hydrogen (secondary N) is 2. The second-order valence-corrected chi connectivity index (χ2v) is 6.51. The van der Waals surface area contributed by atoms with E-state index in [1.54, 1.807) is 22.8 Å². The minimum absolute atomic E-state index is 0.116. The molecule has 2 N–H and O–H groups in total. The molecule has 8 heteroatoms. The zero-order chi connectivity index (χ0) is 17.3. The lowest BCUT2D eigenvalue weighted by Gasteiger charge is -2.38. The first kappa shape index (κ1) is 16.5. The number of carbonyl (C=O) groups is 2. The van der Waals surface area contributed by atoms with Gasteiger partial charge >= 0.3 is 6.03 Å². The SMILES string of the molecule is CCc1nn(C)cc1NC(=O)NC1CN(c2ccc(Br)cc2)C1=O. The van der Waals surface area contributed by atoms with Crippen molar-refractivity contribution in [3.63, 3.8) is 0 Å². The number of benzene rings is 1. The second kappa shape index (κ2) is 6.64. The molecule has 7 nitrogen and oxygen atoms in total. The van der Waals surface area contributed by atoms with Crippen LogP contribution < -0.4 is 15.5 Å². The molecule has 2 aromatic rings. The molecule has 3 amide bonds. The normalized spacial score (nSPS) is 16.7. The molecular formula is C16H18BrN5O2. The molecule has 1 aliphatic heterocycles. The third-order valence-electron chi connectivity index (χ3n) is 3.86. The van der Waals surface area contributed by atoms with Crippen molar-refractivity contribution < 1.29 is 9.59 Å². The molecule has 0 bridgehead atoms. The fourth-order valence-corrected chi connectivity index (χ4v) is 2.87. The highest BCUT2D eigenvalue weighted by atomic mass is 79.9. The van der Waals surface area contributed by atoms with E-state index in [0.29, 0.717) is 12.2 Å². The van der Waals surface area contributed by atoms with E-state index >= 15 is 0 Å². The Morgan fingerprint density at radius 2 is 2.08 bits per heavy atom. The molecule has 1 unspecified atom stereocenters. The van der Waals surface area contributed by atoms with Crippen LogP contribution in [-0.4, -0.2) is 34.3 Å². The van der Waals surface area contributed by atoms with Gasteiger partial charge in [-0.3, -0.25) is 9.48 Å². The Balaban J connectivity index is 1.56. The van der Waals surface area contributed by atoms with Gasteiger partial charge in [0.25, 0.3) is 5.91 Å². The molecular weight excluding hydrogens is 374 g/mol. The van der Waals surface area contributed by atoms with Crippen molar-refractivity contribution in [2.75, 3.05) is 16.8 Å². The topological polar surface area (TPSA) is 79.3 Å². The number of nitrogens with zero attached hydrogens (tertiary/aromatic N) is 3. The van der Waals surface area contributed by atoms with E-state index in [1.807, 2.05) is 31.2 Å². The molecule has 0 radical (unpaired) electrons. The van der Waals surface area contributed by atoms with Crippen LogP contribution in [0, 0.1) is 0 Å². The average molecular weight is 392 g/mol. The van der Waals surface area contributed by atoms with Gasteiger partial charge in [0.05, 0.1) is 17.9 Å². The van der Waals surface area contributed by atoms with Gasteiger partial charge in [-0.15, -0.1) is 0 Å². The monoisotopic (exact) mass is 391 g/mol. The van der Waals surface area contributed by atoms with Crippen LogP contribution >= 0.6 is 15.9 Å². The summed E-state index contributed by atoms with van der Waals surface area (Å²) in [5.41, 5.74) is 2.29. The Labute approximate surface area is 148 Å². The number of aryl methyl sites for hydroxylation is 2. The molecule has 0 spiro atoms. The maximum absolute atomic E-state index is 12.2. The number of hydrogen-bond acceptors (Lipinski definition) is 3. The van der Waals surface area contributed by atoms with Gasteiger partial charge in [-0.05, 0) is 30.7 Å². The van der Waals surface area contributed by atoms with Crippen molar-refractivity contribution in [1.29, 1.82) is 0 Å². The quantitative estimate of drug-likeness (QED) is 0.784. The van der Waals surface area contributed by atoms with Crippen molar-refractivity contribution >= 4 is 39.2 Å². The number of halogens is 1. The summed E-state index contributed by atoms with van der Waals surface area (Å²) in [6, 6.07) is 6.58. The summed E-state index contributed by atoms with van der Waals surface area (Å²) in [6.07, 6.45) is 2.46. The van der Waals surface area contributed by atoms with E-state index in [2.05, 4.69) is 31.7 Å². The minimum atomic E-state index is -0.504. The number of aromatic nitrogens is 2. The smallest absolute Gasteiger partial charge is 0.320 e. The first-order chi connectivity index (χ1) is 11.5. The molecule has 126 valence electrons. The van der Waals surface area contributed by atoms with Crippen LogP contribution in [0.15, 0.2) is 34.9 Å². The van der Waals surface area contributed by atoms with Crippen molar-refractivity contribution in [2.24, 2.45) is 7.05 Å². The summed E-state index contributed by atoms with van der Waals surface area (Å²) in [4.78, 5) is 25.9. The van der Waals surface area contributed by atoms with Gasteiger partial charge in [0.2, 0.25) is 0 Å². The van der Waals surface area contributed by atoms with Gasteiger partial charge in [-0.25, -0.2) is 4.79 Å². The summed E-state index contributed by atoms with van der Waals surface area (Å²) in [6.45, 7) is 2.43. The number of hydrogen-bond donors (Lipinski definition) is 2. The molecule has 1 aromatic heterocycles. The van der Waals surface area contributed by atoms with E-state index in [-0.39, 0.29) is 5.91 Å². The molecule has 0 saturated carbocycles. The zero-order valence-electron chi connectivity index (χ0n) is 13.4. The third-order valence-corrected chi connectivity index (χ3v) is 4.39. The number of anilines is 2. The first-order valence-electron chi connectivity index (χ1n) is 7.65. The number of carbonyl (C=O) groups excluding carboxylic acids is 2. The fraction of sp³-hybridized carbons (Fsp3) is 0.312. The molecule has 0 aliphatic carbocycles. The molecule has 1 saturated heterocycles. The predicted molar refractivity (Wildman–Crippen MR) is 95.0 cm³/mol. The van der Waals surface area contributed by atoms with Gasteiger partial charge in [-0.2, -0.15) is 5.10 Å². The van der Waals surface area contributed by atoms with Crippen molar-refractivity contribution in [2.45, 2.75) is 19.4 Å². The van der Waals surface area contributed by atoms with Crippen LogP contribution in [-0.2, 0) is 18.3 Å². The molecule has 1 aromatic carbocycles. The molecule has 24 heavy (non-hydrogen) atoms. The Kier molecular flexibility index (Phi) is 4.57. The minimum Gasteiger partial charge on any atom is -0.324 e. The lowest BCUT2D eigenvalue weighted by Crippen LogP contribution is -2.64. The Morgan fingerprint density at radius 1 is 1.38 bits per heavy atom. The Hall–Kier alpha value is -2.35. The molecule has 2 heterocycles. The largest absolute Gasteiger partial charge is 0.324 e. The fourth-order valence-electron chi connectivity index (χ4n) is 2.60. The van der Waals surface area contributed by atoms with E-state index in [4.69, 9.17) is 0 Å². The summed E-state index contributed by atoms with van der Waals surface area (Å²) in [5.74, 6) is -0.116. The van der Waals surface area contributed by atoms with Gasteiger partial charge in [0.1, 0.15) is 6.04 Å². The van der Waals surface area contributed by atoms with Crippen molar-refractivity contribution in [1.82, 2.24) is 15.1 Å². The highest BCUT2D eigenvalue weighted by molar-refractivity contribution is 9.10. The summed E-state index contributed by atoms with van der Waals surface area (Å²) >= 11 is 3.36. The predicted octanol–water partition coefficient (Wildman–Crippen LogP) is 2.28. The van der Waals surface area contributed by atoms with Crippen LogP contribution in [0.4, 0.5) is 16.2 Å². The lowest BCUT2D eigenvalue weighted by atomic mass is 10.1. The van der Waals surface area contributed by atoms with Crippen molar-refractivity contribution in [3.05, 3.63) is 40.6 Å². The molecule has 1 atom stereocenters. The maximum Gasteiger partial charge on any atom is 0.320 e. The van der Waals surface area contributed by atoms with E-state index < -0.39 is 12.1 Å². The second-order valence-electron chi connectivity index (χ2n) is 5.59. The number of β-lactam (4-membered cyclic amide) rings is 1. The van der Waals surface area contributed by atoms with Gasteiger partial charge in [0, 0.05) is 23.4 Å². The van der Waals surface area contributed by atoms with Crippen LogP contribution in [0.2, 0.25) is 0 Å².